The van der Waals surface area contributed by atoms with Crippen LogP contribution in [-0.2, 0) is 13.2 Å². The number of aryl methyl sites for hydroxylation is 1. The second-order valence-corrected chi connectivity index (χ2v) is 8.23. The van der Waals surface area contributed by atoms with Gasteiger partial charge >= 0.3 is 12.2 Å². The lowest BCUT2D eigenvalue weighted by atomic mass is 10.1. The van der Waals surface area contributed by atoms with Crippen molar-refractivity contribution in [3.63, 3.8) is 0 Å². The van der Waals surface area contributed by atoms with Crippen molar-refractivity contribution in [2.45, 2.75) is 6.18 Å². The summed E-state index contributed by atoms with van der Waals surface area (Å²) in [5.41, 5.74) is 9.02. The van der Waals surface area contributed by atoms with Crippen LogP contribution < -0.4 is 16.4 Å². The van der Waals surface area contributed by atoms with E-state index in [1.54, 1.807) is 45.7 Å². The quantitative estimate of drug-likeness (QED) is 0.267. The third-order valence-electron chi connectivity index (χ3n) is 5.71. The summed E-state index contributed by atoms with van der Waals surface area (Å²) < 4.78 is 55.6. The minimum Gasteiger partial charge on any atom is -0.384 e. The van der Waals surface area contributed by atoms with Crippen molar-refractivity contribution >= 4 is 28.9 Å². The Morgan fingerprint density at radius 1 is 0.946 bits per heavy atom. The maximum Gasteiger partial charge on any atom is 0.419 e. The van der Waals surface area contributed by atoms with Gasteiger partial charge < -0.3 is 16.4 Å². The Morgan fingerprint density at radius 2 is 1.65 bits per heavy atom. The molecule has 0 bridgehead atoms. The number of urea groups is 1. The van der Waals surface area contributed by atoms with Gasteiger partial charge in [-0.2, -0.15) is 18.3 Å². The predicted molar refractivity (Wildman–Crippen MR) is 131 cm³/mol. The number of nitrogens with two attached hydrogens (primary N) is 1. The summed E-state index contributed by atoms with van der Waals surface area (Å²) >= 11 is 0. The maximum absolute atomic E-state index is 13.5. The second-order valence-electron chi connectivity index (χ2n) is 8.23. The molecule has 4 N–H and O–H groups in total. The van der Waals surface area contributed by atoms with E-state index in [2.05, 4.69) is 20.7 Å². The van der Waals surface area contributed by atoms with Crippen LogP contribution in [0.5, 0.6) is 0 Å². The fraction of sp³-hybridized carbons (Fsp3) is 0.0800. The molecule has 0 aliphatic carbocycles. The van der Waals surface area contributed by atoms with Crippen molar-refractivity contribution in [2.75, 3.05) is 16.4 Å². The van der Waals surface area contributed by atoms with E-state index >= 15 is 0 Å². The number of hydrogen-bond acceptors (Lipinski definition) is 4. The molecule has 2 aromatic carbocycles. The Bertz CT molecular complexity index is 1620. The first-order valence-corrected chi connectivity index (χ1v) is 10.9. The first-order valence-electron chi connectivity index (χ1n) is 10.9. The average Bonchev–Trinajstić information content (AvgIpc) is 3.47. The topological polar surface area (TPSA) is 102 Å². The van der Waals surface area contributed by atoms with E-state index in [1.165, 1.54) is 0 Å². The van der Waals surface area contributed by atoms with Crippen molar-refractivity contribution in [3.05, 3.63) is 84.7 Å². The highest BCUT2D eigenvalue weighted by Crippen LogP contribution is 2.33. The molecule has 5 rings (SSSR count). The molecule has 5 aromatic rings. The zero-order valence-electron chi connectivity index (χ0n) is 19.2. The molecule has 0 fully saturated rings. The number of carbonyl (C=O) groups excluding carboxylic acids is 1. The minimum absolute atomic E-state index is 0.202. The normalized spacial score (nSPS) is 11.6. The zero-order valence-corrected chi connectivity index (χ0v) is 19.2. The molecule has 2 amide bonds. The highest BCUT2D eigenvalue weighted by molar-refractivity contribution is 6.00. The van der Waals surface area contributed by atoms with E-state index in [9.17, 15) is 22.4 Å². The van der Waals surface area contributed by atoms with Crippen molar-refractivity contribution < 1.29 is 22.4 Å². The fourth-order valence-corrected chi connectivity index (χ4v) is 3.93. The largest absolute Gasteiger partial charge is 0.419 e. The van der Waals surface area contributed by atoms with Crippen molar-refractivity contribution in [2.24, 2.45) is 7.05 Å². The molecule has 3 heterocycles. The summed E-state index contributed by atoms with van der Waals surface area (Å²) in [7, 11) is 1.83. The van der Waals surface area contributed by atoms with E-state index in [0.29, 0.717) is 34.8 Å². The molecule has 188 valence electrons. The van der Waals surface area contributed by atoms with Crippen LogP contribution in [0.2, 0.25) is 0 Å². The smallest absolute Gasteiger partial charge is 0.384 e. The van der Waals surface area contributed by atoms with Gasteiger partial charge in [0.2, 0.25) is 0 Å². The molecule has 37 heavy (non-hydrogen) atoms. The molecule has 0 radical (unpaired) electrons. The van der Waals surface area contributed by atoms with Gasteiger partial charge in [0.1, 0.15) is 17.3 Å². The lowest BCUT2D eigenvalue weighted by Crippen LogP contribution is -2.20. The minimum atomic E-state index is -4.88. The average molecular weight is 509 g/mol. The van der Waals surface area contributed by atoms with Crippen molar-refractivity contribution in [1.29, 1.82) is 0 Å². The van der Waals surface area contributed by atoms with Gasteiger partial charge in [0, 0.05) is 53.7 Å². The number of nitrogens with zero attached hydrogens (tertiary/aromatic N) is 4. The summed E-state index contributed by atoms with van der Waals surface area (Å²) in [5, 5.41) is 8.98. The van der Waals surface area contributed by atoms with Gasteiger partial charge in [-0.3, -0.25) is 9.08 Å². The summed E-state index contributed by atoms with van der Waals surface area (Å²) in [5.74, 6) is -0.954. The van der Waals surface area contributed by atoms with Crippen molar-refractivity contribution in [1.82, 2.24) is 19.2 Å². The van der Waals surface area contributed by atoms with Gasteiger partial charge in [0.25, 0.3) is 0 Å². The maximum atomic E-state index is 13.5. The van der Waals surface area contributed by atoms with E-state index in [0.717, 1.165) is 22.8 Å². The van der Waals surface area contributed by atoms with Crippen LogP contribution in [0.25, 0.3) is 27.9 Å². The van der Waals surface area contributed by atoms with Crippen LogP contribution in [0.1, 0.15) is 5.56 Å². The van der Waals surface area contributed by atoms with E-state index in [1.807, 2.05) is 25.5 Å². The number of nitrogens with one attached hydrogen (secondary N) is 2. The number of carbonyl (C=O) groups is 1. The highest BCUT2D eigenvalue weighted by Gasteiger charge is 2.34. The predicted octanol–water partition coefficient (Wildman–Crippen LogP) is 5.79. The number of amides is 2. The van der Waals surface area contributed by atoms with Gasteiger partial charge in [0.05, 0.1) is 11.8 Å². The molecule has 8 nitrogen and oxygen atoms in total. The Kier molecular flexibility index (Phi) is 5.78. The lowest BCUT2D eigenvalue weighted by molar-refractivity contribution is -0.139. The Balaban J connectivity index is 1.32. The molecular weight excluding hydrogens is 490 g/mol. The molecule has 0 atom stereocenters. The zero-order chi connectivity index (χ0) is 26.3. The SMILES string of the molecule is Cn1cc(-c2ccn3c(N)c(-c4ccc(NC(=O)Nc5ccc(F)c(C(F)(F)F)c5)cc4)cnc23)cn1. The van der Waals surface area contributed by atoms with Gasteiger partial charge in [0.15, 0.2) is 0 Å². The van der Waals surface area contributed by atoms with Gasteiger partial charge in [-0.1, -0.05) is 12.1 Å². The number of benzene rings is 2. The molecule has 3 aromatic heterocycles. The van der Waals surface area contributed by atoms with E-state index < -0.39 is 23.6 Å². The van der Waals surface area contributed by atoms with Gasteiger partial charge in [-0.05, 0) is 42.0 Å². The standard InChI is InChI=1S/C25H19F4N7O/c1-35-13-15(11-32-35)18-8-9-36-22(30)19(12-31-23(18)36)14-2-4-16(5-3-14)33-24(37)34-17-6-7-21(26)20(10-17)25(27,28)29/h2-13H,30H2,1H3,(H2,33,34,37). The Morgan fingerprint density at radius 3 is 2.32 bits per heavy atom. The monoisotopic (exact) mass is 509 g/mol. The van der Waals surface area contributed by atoms with Crippen LogP contribution in [0.4, 0.5) is 39.5 Å². The number of hydrogen-bond donors (Lipinski definition) is 3. The molecule has 0 spiro atoms. The first kappa shape index (κ1) is 23.9. The molecule has 0 aliphatic heterocycles. The summed E-state index contributed by atoms with van der Waals surface area (Å²) in [6, 6.07) is 10.0. The Labute approximate surface area is 207 Å². The molecular formula is C25H19F4N7O. The van der Waals surface area contributed by atoms with Crippen LogP contribution in [0, 0.1) is 5.82 Å². The number of nitrogen functional groups attached to an aromatic ring is 1. The second kappa shape index (κ2) is 8.97. The molecule has 0 saturated heterocycles. The van der Waals surface area contributed by atoms with E-state index in [-0.39, 0.29) is 5.69 Å². The fourth-order valence-electron chi connectivity index (χ4n) is 3.93. The number of halogens is 4. The van der Waals surface area contributed by atoms with E-state index in [4.69, 9.17) is 5.73 Å². The number of aromatic nitrogens is 4. The van der Waals surface area contributed by atoms with Crippen LogP contribution >= 0.6 is 0 Å². The van der Waals surface area contributed by atoms with Crippen LogP contribution in [0.15, 0.2) is 73.3 Å². The van der Waals surface area contributed by atoms with Crippen LogP contribution in [-0.4, -0.2) is 25.2 Å². The van der Waals surface area contributed by atoms with Crippen molar-refractivity contribution in [3.8, 4) is 22.3 Å². The third-order valence-corrected chi connectivity index (χ3v) is 5.71. The first-order chi connectivity index (χ1) is 17.6. The molecule has 0 unspecified atom stereocenters. The highest BCUT2D eigenvalue weighted by atomic mass is 19.4. The summed E-state index contributed by atoms with van der Waals surface area (Å²) in [6.07, 6.45) is 2.23. The number of fused-ring (bicyclic) bond motifs is 1. The molecule has 0 saturated carbocycles. The molecule has 12 heteroatoms. The number of rotatable bonds is 4. The number of anilines is 3. The van der Waals surface area contributed by atoms with Gasteiger partial charge in [-0.15, -0.1) is 0 Å². The summed E-state index contributed by atoms with van der Waals surface area (Å²) in [4.78, 5) is 16.8. The summed E-state index contributed by atoms with van der Waals surface area (Å²) in [6.45, 7) is 0. The molecule has 0 aliphatic rings. The number of alkyl halides is 3. The van der Waals surface area contributed by atoms with Gasteiger partial charge in [-0.25, -0.2) is 14.2 Å². The lowest BCUT2D eigenvalue weighted by Gasteiger charge is -2.12. The van der Waals surface area contributed by atoms with Crippen LogP contribution in [0.3, 0.4) is 0 Å². The Hall–Kier alpha value is -4.87. The third kappa shape index (κ3) is 4.68.